The number of esters is 1. The number of benzene rings is 2. The number of hydrogen-bond acceptors (Lipinski definition) is 5. The second-order valence-electron chi connectivity index (χ2n) is 5.72. The lowest BCUT2D eigenvalue weighted by Gasteiger charge is -2.17. The highest BCUT2D eigenvalue weighted by Crippen LogP contribution is 2.41. The predicted molar refractivity (Wildman–Crippen MR) is 103 cm³/mol. The van der Waals surface area contributed by atoms with Gasteiger partial charge in [-0.05, 0) is 42.0 Å². The second kappa shape index (κ2) is 9.82. The molecule has 0 bridgehead atoms. The zero-order valence-electron chi connectivity index (χ0n) is 15.8. The van der Waals surface area contributed by atoms with Crippen LogP contribution < -0.4 is 9.47 Å². The van der Waals surface area contributed by atoms with Crippen molar-refractivity contribution in [2.75, 3.05) is 27.6 Å². The van der Waals surface area contributed by atoms with E-state index in [4.69, 9.17) is 18.9 Å². The summed E-state index contributed by atoms with van der Waals surface area (Å²) in [6.45, 7) is 4.39. The molecule has 0 heterocycles. The average molecular weight is 358 g/mol. The van der Waals surface area contributed by atoms with Crippen LogP contribution in [0.4, 0.5) is 0 Å². The molecule has 2 aromatic carbocycles. The van der Waals surface area contributed by atoms with Crippen molar-refractivity contribution < 1.29 is 23.7 Å². The first-order valence-electron chi connectivity index (χ1n) is 8.75. The molecule has 2 rings (SSSR count). The lowest BCUT2D eigenvalue weighted by atomic mass is 9.96. The smallest absolute Gasteiger partial charge is 0.330 e. The molecule has 0 aliphatic rings. The highest BCUT2D eigenvalue weighted by Gasteiger charge is 2.16. The minimum atomic E-state index is -0.371. The molecule has 26 heavy (non-hydrogen) atoms. The van der Waals surface area contributed by atoms with Crippen LogP contribution in [0.1, 0.15) is 31.4 Å². The van der Waals surface area contributed by atoms with Crippen LogP contribution >= 0.6 is 0 Å². The molecular formula is C21H26O5. The fourth-order valence-corrected chi connectivity index (χ4v) is 2.89. The Morgan fingerprint density at radius 2 is 2.00 bits per heavy atom. The summed E-state index contributed by atoms with van der Waals surface area (Å²) >= 11 is 0. The molecule has 0 unspecified atom stereocenters. The summed E-state index contributed by atoms with van der Waals surface area (Å²) in [5.41, 5.74) is 2.04. The molecule has 5 heteroatoms. The van der Waals surface area contributed by atoms with Gasteiger partial charge in [0, 0.05) is 18.6 Å². The molecular weight excluding hydrogens is 332 g/mol. The monoisotopic (exact) mass is 358 g/mol. The maximum Gasteiger partial charge on any atom is 0.330 e. The van der Waals surface area contributed by atoms with Crippen molar-refractivity contribution in [1.82, 2.24) is 0 Å². The van der Waals surface area contributed by atoms with Gasteiger partial charge in [0.15, 0.2) is 18.3 Å². The van der Waals surface area contributed by atoms with Gasteiger partial charge in [-0.25, -0.2) is 4.79 Å². The van der Waals surface area contributed by atoms with Gasteiger partial charge < -0.3 is 18.9 Å². The maximum absolute atomic E-state index is 11.7. The van der Waals surface area contributed by atoms with Gasteiger partial charge >= 0.3 is 5.97 Å². The minimum Gasteiger partial charge on any atom is -0.493 e. The van der Waals surface area contributed by atoms with Gasteiger partial charge in [-0.1, -0.05) is 31.5 Å². The molecule has 0 saturated carbocycles. The van der Waals surface area contributed by atoms with Crippen LogP contribution in [0, 0.1) is 0 Å². The van der Waals surface area contributed by atoms with Gasteiger partial charge in [0.2, 0.25) is 0 Å². The number of aryl methyl sites for hydroxylation is 1. The first-order chi connectivity index (χ1) is 12.7. The van der Waals surface area contributed by atoms with Crippen molar-refractivity contribution in [3.63, 3.8) is 0 Å². The zero-order valence-corrected chi connectivity index (χ0v) is 15.8. The Morgan fingerprint density at radius 3 is 2.65 bits per heavy atom. The van der Waals surface area contributed by atoms with Crippen LogP contribution in [0.5, 0.6) is 11.5 Å². The van der Waals surface area contributed by atoms with Crippen molar-refractivity contribution in [2.24, 2.45) is 0 Å². The molecule has 140 valence electrons. The molecule has 0 amide bonds. The van der Waals surface area contributed by atoms with Gasteiger partial charge in [0.1, 0.15) is 0 Å². The third-order valence-electron chi connectivity index (χ3n) is 3.95. The SMILES string of the molecule is CCCc1cccc2c(/C=C\C(=O)OCC)cc(OC)c(OCOC)c12. The van der Waals surface area contributed by atoms with E-state index in [-0.39, 0.29) is 12.8 Å². The largest absolute Gasteiger partial charge is 0.493 e. The van der Waals surface area contributed by atoms with Crippen LogP contribution in [0.2, 0.25) is 0 Å². The molecule has 0 N–H and O–H groups in total. The van der Waals surface area contributed by atoms with Crippen LogP contribution in [-0.2, 0) is 20.7 Å². The molecule has 0 saturated heterocycles. The van der Waals surface area contributed by atoms with E-state index in [1.54, 1.807) is 27.2 Å². The van der Waals surface area contributed by atoms with Gasteiger partial charge in [0.25, 0.3) is 0 Å². The van der Waals surface area contributed by atoms with E-state index in [2.05, 4.69) is 13.0 Å². The minimum absolute atomic E-state index is 0.129. The first-order valence-corrected chi connectivity index (χ1v) is 8.75. The molecule has 0 atom stereocenters. The van der Waals surface area contributed by atoms with E-state index in [9.17, 15) is 4.79 Å². The summed E-state index contributed by atoms with van der Waals surface area (Å²) in [5.74, 6) is 0.882. The Bertz CT molecular complexity index is 780. The van der Waals surface area contributed by atoms with Gasteiger partial charge in [-0.3, -0.25) is 0 Å². The van der Waals surface area contributed by atoms with Crippen molar-refractivity contribution in [3.8, 4) is 11.5 Å². The normalized spacial score (nSPS) is 11.1. The van der Waals surface area contributed by atoms with E-state index < -0.39 is 0 Å². The van der Waals surface area contributed by atoms with E-state index in [1.165, 1.54) is 11.6 Å². The number of rotatable bonds is 9. The second-order valence-corrected chi connectivity index (χ2v) is 5.72. The number of carbonyl (C=O) groups excluding carboxylic acids is 1. The third kappa shape index (κ3) is 4.55. The lowest BCUT2D eigenvalue weighted by molar-refractivity contribution is -0.137. The molecule has 0 aromatic heterocycles. The Kier molecular flexibility index (Phi) is 7.48. The molecule has 5 nitrogen and oxygen atoms in total. The molecule has 0 fully saturated rings. The maximum atomic E-state index is 11.7. The molecule has 0 aliphatic carbocycles. The molecule has 0 aliphatic heterocycles. The standard InChI is InChI=1S/C21H26O5/c1-5-8-15-9-7-10-17-16(11-12-19(22)25-6-2)13-18(24-4)21(20(15)17)26-14-23-3/h7,9-13H,5-6,8,14H2,1-4H3/b12-11-. The predicted octanol–water partition coefficient (Wildman–Crippen LogP) is 4.36. The van der Waals surface area contributed by atoms with Gasteiger partial charge in [-0.2, -0.15) is 0 Å². The van der Waals surface area contributed by atoms with Gasteiger partial charge in [0.05, 0.1) is 13.7 Å². The lowest BCUT2D eigenvalue weighted by Crippen LogP contribution is -2.03. The molecule has 2 aromatic rings. The van der Waals surface area contributed by atoms with Crippen molar-refractivity contribution in [3.05, 3.63) is 41.5 Å². The van der Waals surface area contributed by atoms with E-state index in [0.29, 0.717) is 18.1 Å². The summed E-state index contributed by atoms with van der Waals surface area (Å²) < 4.78 is 21.4. The van der Waals surface area contributed by atoms with Crippen molar-refractivity contribution in [2.45, 2.75) is 26.7 Å². The topological polar surface area (TPSA) is 54.0 Å². The third-order valence-corrected chi connectivity index (χ3v) is 3.95. The summed E-state index contributed by atoms with van der Waals surface area (Å²) in [4.78, 5) is 11.7. The summed E-state index contributed by atoms with van der Waals surface area (Å²) in [6.07, 6.45) is 5.10. The van der Waals surface area contributed by atoms with Crippen LogP contribution in [0.25, 0.3) is 16.8 Å². The summed E-state index contributed by atoms with van der Waals surface area (Å²) in [5, 5.41) is 1.97. The highest BCUT2D eigenvalue weighted by atomic mass is 16.7. The van der Waals surface area contributed by atoms with Crippen LogP contribution in [0.3, 0.4) is 0 Å². The number of fused-ring (bicyclic) bond motifs is 1. The summed E-state index contributed by atoms with van der Waals surface area (Å²) in [6, 6.07) is 7.97. The molecule has 0 spiro atoms. The Hall–Kier alpha value is -2.53. The fraction of sp³-hybridized carbons (Fsp3) is 0.381. The Morgan fingerprint density at radius 1 is 1.19 bits per heavy atom. The van der Waals surface area contributed by atoms with Gasteiger partial charge in [-0.15, -0.1) is 0 Å². The highest BCUT2D eigenvalue weighted by molar-refractivity contribution is 6.01. The van der Waals surface area contributed by atoms with Crippen molar-refractivity contribution >= 4 is 22.8 Å². The molecule has 0 radical (unpaired) electrons. The van der Waals surface area contributed by atoms with E-state index in [0.717, 1.165) is 29.2 Å². The number of ether oxygens (including phenoxy) is 4. The number of carbonyl (C=O) groups is 1. The summed E-state index contributed by atoms with van der Waals surface area (Å²) in [7, 11) is 3.18. The Labute approximate surface area is 154 Å². The quantitative estimate of drug-likeness (QED) is 0.379. The van der Waals surface area contributed by atoms with E-state index >= 15 is 0 Å². The average Bonchev–Trinajstić information content (AvgIpc) is 2.65. The zero-order chi connectivity index (χ0) is 18.9. The fourth-order valence-electron chi connectivity index (χ4n) is 2.89. The van der Waals surface area contributed by atoms with E-state index in [1.807, 2.05) is 18.2 Å². The van der Waals surface area contributed by atoms with Crippen LogP contribution in [0.15, 0.2) is 30.3 Å². The number of hydrogen-bond donors (Lipinski definition) is 0. The Balaban J connectivity index is 2.66. The number of methoxy groups -OCH3 is 2. The first kappa shape index (κ1) is 19.8. The van der Waals surface area contributed by atoms with Crippen LogP contribution in [-0.4, -0.2) is 33.6 Å². The van der Waals surface area contributed by atoms with Crippen molar-refractivity contribution in [1.29, 1.82) is 0 Å².